The van der Waals surface area contributed by atoms with E-state index in [2.05, 4.69) is 10.3 Å². The predicted octanol–water partition coefficient (Wildman–Crippen LogP) is 3.91. The number of carbonyl (C=O) groups is 1. The number of likely N-dealkylation sites (N-methyl/N-ethyl adjacent to an activating group) is 1. The van der Waals surface area contributed by atoms with Crippen LogP contribution in [0.15, 0.2) is 23.3 Å². The van der Waals surface area contributed by atoms with Gasteiger partial charge in [-0.1, -0.05) is 44.9 Å². The quantitative estimate of drug-likeness (QED) is 0.612. The van der Waals surface area contributed by atoms with E-state index in [0.29, 0.717) is 23.6 Å². The molecule has 1 aliphatic heterocycles. The standard InChI is InChI=1S/C24H38N6O/c1-30-22(31)24(29-23(30)26,13-12-17-6-3-2-4-7-17)15-18-8-5-9-20(14-18)28-21-11-10-19(25)16-27-21/h10-11,16-18,20H,2-9,12-15,25H2,1H3,(H2,26,29)(H,27,28)/t18-,20+,24+/m0/s1. The molecule has 2 fully saturated rings. The van der Waals surface area contributed by atoms with Crippen molar-refractivity contribution in [3.63, 3.8) is 0 Å². The lowest BCUT2D eigenvalue weighted by atomic mass is 9.74. The summed E-state index contributed by atoms with van der Waals surface area (Å²) < 4.78 is 0. The van der Waals surface area contributed by atoms with Gasteiger partial charge in [-0.2, -0.15) is 0 Å². The van der Waals surface area contributed by atoms with Crippen molar-refractivity contribution in [3.8, 4) is 0 Å². The number of hydrogen-bond donors (Lipinski definition) is 3. The van der Waals surface area contributed by atoms with Crippen molar-refractivity contribution in [1.82, 2.24) is 9.88 Å². The topological polar surface area (TPSA) is 110 Å². The molecule has 2 saturated carbocycles. The van der Waals surface area contributed by atoms with Crippen LogP contribution < -0.4 is 16.8 Å². The molecule has 1 amide bonds. The summed E-state index contributed by atoms with van der Waals surface area (Å²) in [5.74, 6) is 2.53. The maximum absolute atomic E-state index is 13.3. The van der Waals surface area contributed by atoms with Gasteiger partial charge in [0.05, 0.1) is 11.9 Å². The normalized spacial score (nSPS) is 29.8. The monoisotopic (exact) mass is 426 g/mol. The van der Waals surface area contributed by atoms with Gasteiger partial charge >= 0.3 is 0 Å². The molecule has 3 aliphatic rings. The minimum Gasteiger partial charge on any atom is -0.397 e. The molecule has 1 aromatic rings. The smallest absolute Gasteiger partial charge is 0.257 e. The van der Waals surface area contributed by atoms with E-state index < -0.39 is 5.54 Å². The van der Waals surface area contributed by atoms with E-state index in [9.17, 15) is 4.79 Å². The van der Waals surface area contributed by atoms with Crippen LogP contribution in [0.5, 0.6) is 0 Å². The molecule has 0 bridgehead atoms. The number of carbonyl (C=O) groups excluding carboxylic acids is 1. The van der Waals surface area contributed by atoms with Gasteiger partial charge in [-0.3, -0.25) is 9.69 Å². The molecule has 1 aromatic heterocycles. The summed E-state index contributed by atoms with van der Waals surface area (Å²) in [5, 5.41) is 3.57. The third kappa shape index (κ3) is 5.13. The fourth-order valence-electron chi connectivity index (χ4n) is 5.86. The number of aliphatic imine (C=N–C) groups is 1. The van der Waals surface area contributed by atoms with Gasteiger partial charge in [-0.15, -0.1) is 0 Å². The first kappa shape index (κ1) is 21.9. The Kier molecular flexibility index (Phi) is 6.68. The lowest BCUT2D eigenvalue weighted by Crippen LogP contribution is -2.44. The van der Waals surface area contributed by atoms with E-state index in [1.807, 2.05) is 12.1 Å². The number of nitrogens with one attached hydrogen (secondary N) is 1. The van der Waals surface area contributed by atoms with Crippen molar-refractivity contribution >= 4 is 23.4 Å². The second kappa shape index (κ2) is 9.45. The van der Waals surface area contributed by atoms with Crippen LogP contribution in [0.4, 0.5) is 11.5 Å². The average molecular weight is 427 g/mol. The Hall–Kier alpha value is -2.31. The summed E-state index contributed by atoms with van der Waals surface area (Å²) in [4.78, 5) is 24.0. The number of anilines is 2. The summed E-state index contributed by atoms with van der Waals surface area (Å²) >= 11 is 0. The Labute approximate surface area is 186 Å². The highest BCUT2D eigenvalue weighted by molar-refractivity contribution is 6.06. The molecule has 5 N–H and O–H groups in total. The van der Waals surface area contributed by atoms with Gasteiger partial charge in [0.25, 0.3) is 5.91 Å². The van der Waals surface area contributed by atoms with E-state index in [0.717, 1.165) is 56.7 Å². The summed E-state index contributed by atoms with van der Waals surface area (Å²) in [7, 11) is 1.77. The zero-order valence-electron chi connectivity index (χ0n) is 18.9. The van der Waals surface area contributed by atoms with E-state index in [1.165, 1.54) is 32.1 Å². The number of amides is 1. The van der Waals surface area contributed by atoms with E-state index in [1.54, 1.807) is 18.1 Å². The van der Waals surface area contributed by atoms with E-state index in [4.69, 9.17) is 16.5 Å². The number of hydrogen-bond acceptors (Lipinski definition) is 6. The zero-order valence-corrected chi connectivity index (χ0v) is 18.9. The highest BCUT2D eigenvalue weighted by Gasteiger charge is 2.48. The second-order valence-electron chi connectivity index (χ2n) is 9.96. The molecule has 7 nitrogen and oxygen atoms in total. The Balaban J connectivity index is 1.42. The van der Waals surface area contributed by atoms with Crippen LogP contribution in [0, 0.1) is 11.8 Å². The lowest BCUT2D eigenvalue weighted by Gasteiger charge is -2.35. The molecule has 0 unspecified atom stereocenters. The molecule has 4 rings (SSSR count). The van der Waals surface area contributed by atoms with Crippen LogP contribution in [0.3, 0.4) is 0 Å². The minimum absolute atomic E-state index is 0.0936. The van der Waals surface area contributed by atoms with Gasteiger partial charge in [0.15, 0.2) is 5.96 Å². The number of pyridine rings is 1. The third-order valence-corrected chi connectivity index (χ3v) is 7.61. The molecule has 31 heavy (non-hydrogen) atoms. The molecule has 0 aromatic carbocycles. The van der Waals surface area contributed by atoms with Gasteiger partial charge in [-0.25, -0.2) is 9.98 Å². The Bertz CT molecular complexity index is 788. The highest BCUT2D eigenvalue weighted by Crippen LogP contribution is 2.40. The van der Waals surface area contributed by atoms with Crippen molar-refractivity contribution in [3.05, 3.63) is 18.3 Å². The highest BCUT2D eigenvalue weighted by atomic mass is 16.2. The minimum atomic E-state index is -0.664. The number of nitrogen functional groups attached to an aromatic ring is 1. The zero-order chi connectivity index (χ0) is 21.8. The molecule has 0 saturated heterocycles. The second-order valence-corrected chi connectivity index (χ2v) is 9.96. The first-order valence-electron chi connectivity index (χ1n) is 12.1. The predicted molar refractivity (Wildman–Crippen MR) is 126 cm³/mol. The Morgan fingerprint density at radius 1 is 1.10 bits per heavy atom. The van der Waals surface area contributed by atoms with Crippen molar-refractivity contribution in [2.45, 2.75) is 88.6 Å². The lowest BCUT2D eigenvalue weighted by molar-refractivity contribution is -0.131. The molecule has 2 heterocycles. The van der Waals surface area contributed by atoms with Crippen LogP contribution in [-0.4, -0.2) is 40.4 Å². The molecule has 3 atom stereocenters. The third-order valence-electron chi connectivity index (χ3n) is 7.61. The molecular weight excluding hydrogens is 388 g/mol. The number of aromatic nitrogens is 1. The van der Waals surface area contributed by atoms with Crippen LogP contribution in [0.2, 0.25) is 0 Å². The van der Waals surface area contributed by atoms with Gasteiger partial charge in [0.1, 0.15) is 11.4 Å². The molecule has 7 heteroatoms. The van der Waals surface area contributed by atoms with Crippen LogP contribution in [-0.2, 0) is 4.79 Å². The fraction of sp³-hybridized carbons (Fsp3) is 0.708. The summed E-state index contributed by atoms with van der Waals surface area (Å²) in [5.41, 5.74) is 11.9. The fourth-order valence-corrected chi connectivity index (χ4v) is 5.86. The van der Waals surface area contributed by atoms with Crippen molar-refractivity contribution < 1.29 is 4.79 Å². The van der Waals surface area contributed by atoms with E-state index in [-0.39, 0.29) is 5.91 Å². The first-order chi connectivity index (χ1) is 14.9. The van der Waals surface area contributed by atoms with Crippen molar-refractivity contribution in [1.29, 1.82) is 0 Å². The van der Waals surface area contributed by atoms with Crippen molar-refractivity contribution in [2.75, 3.05) is 18.1 Å². The maximum Gasteiger partial charge on any atom is 0.257 e. The molecule has 0 radical (unpaired) electrons. The molecule has 2 aliphatic carbocycles. The molecular formula is C24H38N6O. The largest absolute Gasteiger partial charge is 0.397 e. The summed E-state index contributed by atoms with van der Waals surface area (Å²) in [6.45, 7) is 0. The van der Waals surface area contributed by atoms with Gasteiger partial charge in [-0.05, 0) is 56.1 Å². The Morgan fingerprint density at radius 3 is 2.55 bits per heavy atom. The van der Waals surface area contributed by atoms with Crippen molar-refractivity contribution in [2.24, 2.45) is 22.6 Å². The summed E-state index contributed by atoms with van der Waals surface area (Å²) in [6, 6.07) is 4.17. The molecule has 0 spiro atoms. The number of nitrogens with zero attached hydrogens (tertiary/aromatic N) is 3. The van der Waals surface area contributed by atoms with Crippen LogP contribution in [0.25, 0.3) is 0 Å². The first-order valence-corrected chi connectivity index (χ1v) is 12.1. The van der Waals surface area contributed by atoms with E-state index >= 15 is 0 Å². The number of guanidine groups is 1. The average Bonchev–Trinajstić information content (AvgIpc) is 2.99. The summed E-state index contributed by atoms with van der Waals surface area (Å²) in [6.07, 6.45) is 15.4. The van der Waals surface area contributed by atoms with Crippen LogP contribution >= 0.6 is 0 Å². The molecule has 170 valence electrons. The SMILES string of the molecule is CN1C(=O)[C@@](CCC2CCCCC2)(C[C@H]2CCC[C@@H](Nc3ccc(N)cn3)C2)N=C1N. The van der Waals surface area contributed by atoms with Crippen LogP contribution in [0.1, 0.15) is 77.0 Å². The Morgan fingerprint density at radius 2 is 1.87 bits per heavy atom. The van der Waals surface area contributed by atoms with Gasteiger partial charge < -0.3 is 16.8 Å². The van der Waals surface area contributed by atoms with Gasteiger partial charge in [0, 0.05) is 13.1 Å². The number of nitrogens with two attached hydrogens (primary N) is 2. The number of rotatable bonds is 7. The maximum atomic E-state index is 13.3. The van der Waals surface area contributed by atoms with Gasteiger partial charge in [0.2, 0.25) is 0 Å².